The Kier molecular flexibility index (Phi) is 4.78. The predicted octanol–water partition coefficient (Wildman–Crippen LogP) is 3.34. The number of rotatable bonds is 5. The first-order valence-corrected chi connectivity index (χ1v) is 7.56. The molecule has 21 heavy (non-hydrogen) atoms. The lowest BCUT2D eigenvalue weighted by Crippen LogP contribution is -2.35. The minimum Gasteiger partial charge on any atom is -0.305 e. The van der Waals surface area contributed by atoms with Crippen molar-refractivity contribution in [2.45, 2.75) is 59.2 Å². The van der Waals surface area contributed by atoms with Crippen LogP contribution in [0.4, 0.5) is 0 Å². The molecular formula is C17H26N4. The molecule has 1 heterocycles. The van der Waals surface area contributed by atoms with Gasteiger partial charge in [0.2, 0.25) is 0 Å². The minimum atomic E-state index is 0.0815. The summed E-state index contributed by atoms with van der Waals surface area (Å²) in [5, 5.41) is 7.91. The topological polar surface area (TPSA) is 42.7 Å². The maximum absolute atomic E-state index is 4.51. The van der Waals surface area contributed by atoms with Gasteiger partial charge in [-0.2, -0.15) is 5.10 Å². The molecule has 4 heteroatoms. The highest BCUT2D eigenvalue weighted by Gasteiger charge is 2.10. The van der Waals surface area contributed by atoms with Crippen LogP contribution in [0, 0.1) is 0 Å². The van der Waals surface area contributed by atoms with Crippen molar-refractivity contribution in [3.63, 3.8) is 0 Å². The fourth-order valence-electron chi connectivity index (χ4n) is 2.03. The molecule has 0 aliphatic rings. The second kappa shape index (κ2) is 6.39. The summed E-state index contributed by atoms with van der Waals surface area (Å²) in [6.07, 6.45) is 1.80. The number of hydrogen-bond acceptors (Lipinski definition) is 3. The maximum Gasteiger partial charge on any atom is 0.164 e. The van der Waals surface area contributed by atoms with E-state index in [-0.39, 0.29) is 5.54 Å². The third-order valence-electron chi connectivity index (χ3n) is 3.35. The molecule has 0 saturated carbocycles. The van der Waals surface area contributed by atoms with Gasteiger partial charge in [-0.05, 0) is 37.8 Å². The van der Waals surface area contributed by atoms with Gasteiger partial charge in [-0.25, -0.2) is 9.67 Å². The molecule has 2 rings (SSSR count). The Hall–Kier alpha value is -1.68. The van der Waals surface area contributed by atoms with Gasteiger partial charge < -0.3 is 5.32 Å². The zero-order chi connectivity index (χ0) is 15.5. The number of nitrogens with zero attached hydrogens (tertiary/aromatic N) is 3. The molecule has 0 aliphatic carbocycles. The second-order valence-electron chi connectivity index (χ2n) is 6.86. The molecule has 1 aromatic carbocycles. The third-order valence-corrected chi connectivity index (χ3v) is 3.35. The highest BCUT2D eigenvalue weighted by Crippen LogP contribution is 2.15. The van der Waals surface area contributed by atoms with Gasteiger partial charge in [0.05, 0.1) is 13.1 Å². The molecule has 0 aliphatic heterocycles. The van der Waals surface area contributed by atoms with E-state index in [2.05, 4.69) is 74.3 Å². The molecule has 0 amide bonds. The zero-order valence-corrected chi connectivity index (χ0v) is 13.7. The van der Waals surface area contributed by atoms with Crippen molar-refractivity contribution in [3.8, 4) is 0 Å². The summed E-state index contributed by atoms with van der Waals surface area (Å²) in [5.41, 5.74) is 2.70. The van der Waals surface area contributed by atoms with Crippen LogP contribution in [0.1, 0.15) is 57.5 Å². The minimum absolute atomic E-state index is 0.0815. The van der Waals surface area contributed by atoms with E-state index in [4.69, 9.17) is 0 Å². The van der Waals surface area contributed by atoms with E-state index in [1.807, 2.05) is 4.68 Å². The monoisotopic (exact) mass is 286 g/mol. The van der Waals surface area contributed by atoms with Gasteiger partial charge in [0.1, 0.15) is 6.33 Å². The summed E-state index contributed by atoms with van der Waals surface area (Å²) in [4.78, 5) is 4.35. The van der Waals surface area contributed by atoms with E-state index in [1.165, 1.54) is 11.1 Å². The van der Waals surface area contributed by atoms with Crippen LogP contribution in [0.3, 0.4) is 0 Å². The van der Waals surface area contributed by atoms with Crippen molar-refractivity contribution in [2.75, 3.05) is 0 Å². The first-order chi connectivity index (χ1) is 9.83. The molecule has 0 atom stereocenters. The van der Waals surface area contributed by atoms with E-state index >= 15 is 0 Å². The van der Waals surface area contributed by atoms with Gasteiger partial charge in [0, 0.05) is 5.54 Å². The highest BCUT2D eigenvalue weighted by molar-refractivity contribution is 5.24. The summed E-state index contributed by atoms with van der Waals surface area (Å²) in [7, 11) is 0. The van der Waals surface area contributed by atoms with Crippen LogP contribution in [0.2, 0.25) is 0 Å². The van der Waals surface area contributed by atoms with Crippen LogP contribution >= 0.6 is 0 Å². The van der Waals surface area contributed by atoms with E-state index in [0.717, 1.165) is 12.4 Å². The van der Waals surface area contributed by atoms with Gasteiger partial charge >= 0.3 is 0 Å². The van der Waals surface area contributed by atoms with Crippen molar-refractivity contribution in [2.24, 2.45) is 0 Å². The summed E-state index contributed by atoms with van der Waals surface area (Å²) >= 11 is 0. The summed E-state index contributed by atoms with van der Waals surface area (Å²) < 4.78 is 1.89. The van der Waals surface area contributed by atoms with Crippen molar-refractivity contribution < 1.29 is 0 Å². The Morgan fingerprint density at radius 3 is 2.38 bits per heavy atom. The van der Waals surface area contributed by atoms with Crippen LogP contribution < -0.4 is 5.32 Å². The van der Waals surface area contributed by atoms with Crippen LogP contribution in [0.5, 0.6) is 0 Å². The van der Waals surface area contributed by atoms with Gasteiger partial charge in [-0.15, -0.1) is 0 Å². The molecule has 0 spiro atoms. The number of benzene rings is 1. The van der Waals surface area contributed by atoms with Gasteiger partial charge in [0.25, 0.3) is 0 Å². The van der Waals surface area contributed by atoms with E-state index < -0.39 is 0 Å². The smallest absolute Gasteiger partial charge is 0.164 e. The normalized spacial score (nSPS) is 12.1. The molecule has 1 N–H and O–H groups in total. The lowest BCUT2D eigenvalue weighted by atomic mass is 10.0. The fourth-order valence-corrected chi connectivity index (χ4v) is 2.03. The molecule has 2 aromatic rings. The molecular weight excluding hydrogens is 260 g/mol. The quantitative estimate of drug-likeness (QED) is 0.916. The standard InChI is InChI=1S/C17H26N4/c1-13(2)15-8-6-14(7-9-15)11-21-12-18-16(20-21)10-19-17(3,4)5/h6-9,12-13,19H,10-11H2,1-5H3. The average Bonchev–Trinajstić information content (AvgIpc) is 2.84. The van der Waals surface area contributed by atoms with Gasteiger partial charge in [0.15, 0.2) is 5.82 Å². The Bertz CT molecular complexity index is 561. The molecule has 1 aromatic heterocycles. The Labute approximate surface area is 127 Å². The molecule has 4 nitrogen and oxygen atoms in total. The van der Waals surface area contributed by atoms with E-state index in [1.54, 1.807) is 6.33 Å². The molecule has 0 bridgehead atoms. The lowest BCUT2D eigenvalue weighted by molar-refractivity contribution is 0.417. The third kappa shape index (κ3) is 4.97. The first kappa shape index (κ1) is 15.7. The van der Waals surface area contributed by atoms with Crippen molar-refractivity contribution >= 4 is 0 Å². The summed E-state index contributed by atoms with van der Waals surface area (Å²) in [6, 6.07) is 8.73. The number of hydrogen-bond donors (Lipinski definition) is 1. The van der Waals surface area contributed by atoms with E-state index in [0.29, 0.717) is 12.5 Å². The van der Waals surface area contributed by atoms with Crippen LogP contribution in [-0.2, 0) is 13.1 Å². The molecule has 114 valence electrons. The van der Waals surface area contributed by atoms with Crippen LogP contribution in [0.25, 0.3) is 0 Å². The Morgan fingerprint density at radius 1 is 1.14 bits per heavy atom. The number of nitrogens with one attached hydrogen (secondary N) is 1. The van der Waals surface area contributed by atoms with Crippen LogP contribution in [0.15, 0.2) is 30.6 Å². The molecule has 0 saturated heterocycles. The van der Waals surface area contributed by atoms with Crippen molar-refractivity contribution in [1.82, 2.24) is 20.1 Å². The fraction of sp³-hybridized carbons (Fsp3) is 0.529. The Morgan fingerprint density at radius 2 is 1.81 bits per heavy atom. The average molecular weight is 286 g/mol. The lowest BCUT2D eigenvalue weighted by Gasteiger charge is -2.19. The highest BCUT2D eigenvalue weighted by atomic mass is 15.3. The van der Waals surface area contributed by atoms with Crippen molar-refractivity contribution in [3.05, 3.63) is 47.5 Å². The zero-order valence-electron chi connectivity index (χ0n) is 13.7. The first-order valence-electron chi connectivity index (χ1n) is 7.56. The summed E-state index contributed by atoms with van der Waals surface area (Å²) in [5.74, 6) is 1.41. The van der Waals surface area contributed by atoms with Gasteiger partial charge in [-0.1, -0.05) is 38.1 Å². The maximum atomic E-state index is 4.51. The van der Waals surface area contributed by atoms with Gasteiger partial charge in [-0.3, -0.25) is 0 Å². The van der Waals surface area contributed by atoms with Crippen molar-refractivity contribution in [1.29, 1.82) is 0 Å². The molecule has 0 fully saturated rings. The van der Waals surface area contributed by atoms with E-state index in [9.17, 15) is 0 Å². The SMILES string of the molecule is CC(C)c1ccc(Cn2cnc(CNC(C)(C)C)n2)cc1. The largest absolute Gasteiger partial charge is 0.305 e. The predicted molar refractivity (Wildman–Crippen MR) is 86.2 cm³/mol. The number of aromatic nitrogens is 3. The second-order valence-corrected chi connectivity index (χ2v) is 6.86. The molecule has 0 unspecified atom stereocenters. The Balaban J connectivity index is 1.96. The van der Waals surface area contributed by atoms with Crippen LogP contribution in [-0.4, -0.2) is 20.3 Å². The molecule has 0 radical (unpaired) electrons. The summed E-state index contributed by atoms with van der Waals surface area (Å²) in [6.45, 7) is 12.3.